The van der Waals surface area contributed by atoms with Gasteiger partial charge in [-0.25, -0.2) is 0 Å². The molecule has 0 aliphatic carbocycles. The van der Waals surface area contributed by atoms with Crippen LogP contribution >= 0.6 is 0 Å². The van der Waals surface area contributed by atoms with Crippen LogP contribution in [0.2, 0.25) is 0 Å². The van der Waals surface area contributed by atoms with E-state index in [-0.39, 0.29) is 17.1 Å². The highest BCUT2D eigenvalue weighted by Gasteiger charge is 2.25. The number of rotatable bonds is 4. The average molecular weight is 156 g/mol. The summed E-state index contributed by atoms with van der Waals surface area (Å²) in [5.41, 5.74) is -0.369. The quantitative estimate of drug-likeness (QED) is 0.582. The fourth-order valence-electron chi connectivity index (χ4n) is 0.810. The molecule has 0 fully saturated rings. The van der Waals surface area contributed by atoms with Crippen LogP contribution in [0.25, 0.3) is 0 Å². The van der Waals surface area contributed by atoms with Gasteiger partial charge in [-0.3, -0.25) is 0 Å². The van der Waals surface area contributed by atoms with Crippen molar-refractivity contribution in [2.45, 2.75) is 34.1 Å². The molecule has 0 rings (SSSR count). The van der Waals surface area contributed by atoms with E-state index in [1.807, 2.05) is 20.8 Å². The summed E-state index contributed by atoms with van der Waals surface area (Å²) in [5.74, 6) is 0.282. The molecule has 1 atom stereocenters. The topological polar surface area (TPSA) is 34.1 Å². The molecule has 0 amide bonds. The lowest BCUT2D eigenvalue weighted by molar-refractivity contribution is -0.121. The van der Waals surface area contributed by atoms with Crippen LogP contribution in [0.1, 0.15) is 34.1 Å². The van der Waals surface area contributed by atoms with Gasteiger partial charge in [-0.2, -0.15) is 0 Å². The Bertz CT molecular complexity index is 159. The van der Waals surface area contributed by atoms with Gasteiger partial charge in [0.2, 0.25) is 0 Å². The SMILES string of the molecule is CC(=O)C[C@@H](C)C(C)(C)C=O. The van der Waals surface area contributed by atoms with E-state index in [1.165, 1.54) is 0 Å². The van der Waals surface area contributed by atoms with Gasteiger partial charge in [0, 0.05) is 11.8 Å². The third kappa shape index (κ3) is 3.30. The summed E-state index contributed by atoms with van der Waals surface area (Å²) < 4.78 is 0. The molecule has 0 unspecified atom stereocenters. The van der Waals surface area contributed by atoms with Gasteiger partial charge < -0.3 is 9.59 Å². The Labute approximate surface area is 68.0 Å². The first-order chi connectivity index (χ1) is 4.90. The Morgan fingerprint density at radius 1 is 1.55 bits per heavy atom. The highest BCUT2D eigenvalue weighted by atomic mass is 16.1. The van der Waals surface area contributed by atoms with E-state index in [1.54, 1.807) is 6.92 Å². The van der Waals surface area contributed by atoms with Gasteiger partial charge in [-0.15, -0.1) is 0 Å². The van der Waals surface area contributed by atoms with Gasteiger partial charge in [-0.05, 0) is 12.8 Å². The van der Waals surface area contributed by atoms with Gasteiger partial charge in [0.25, 0.3) is 0 Å². The maximum Gasteiger partial charge on any atom is 0.130 e. The third-order valence-corrected chi connectivity index (χ3v) is 2.17. The van der Waals surface area contributed by atoms with Crippen LogP contribution in [-0.4, -0.2) is 12.1 Å². The molecule has 0 spiro atoms. The lowest BCUT2D eigenvalue weighted by Gasteiger charge is -2.24. The van der Waals surface area contributed by atoms with Crippen LogP contribution in [0.3, 0.4) is 0 Å². The Balaban J connectivity index is 4.11. The van der Waals surface area contributed by atoms with Gasteiger partial charge in [0.1, 0.15) is 12.1 Å². The van der Waals surface area contributed by atoms with Crippen molar-refractivity contribution in [3.8, 4) is 0 Å². The van der Waals surface area contributed by atoms with Crippen LogP contribution in [-0.2, 0) is 9.59 Å². The van der Waals surface area contributed by atoms with Crippen molar-refractivity contribution in [1.29, 1.82) is 0 Å². The summed E-state index contributed by atoms with van der Waals surface area (Å²) in [6, 6.07) is 0. The van der Waals surface area contributed by atoms with Gasteiger partial charge in [0.05, 0.1) is 0 Å². The molecule has 64 valence electrons. The Morgan fingerprint density at radius 2 is 2.00 bits per heavy atom. The first-order valence-electron chi connectivity index (χ1n) is 3.86. The number of ketones is 1. The van der Waals surface area contributed by atoms with Gasteiger partial charge in [0.15, 0.2) is 0 Å². The number of Topliss-reactive ketones (excluding diaryl/α,β-unsaturated/α-hetero) is 1. The van der Waals surface area contributed by atoms with Crippen LogP contribution in [0.4, 0.5) is 0 Å². The second kappa shape index (κ2) is 3.65. The van der Waals surface area contributed by atoms with Gasteiger partial charge >= 0.3 is 0 Å². The summed E-state index contributed by atoms with van der Waals surface area (Å²) >= 11 is 0. The van der Waals surface area contributed by atoms with Gasteiger partial charge in [-0.1, -0.05) is 20.8 Å². The predicted molar refractivity (Wildman–Crippen MR) is 44.3 cm³/mol. The van der Waals surface area contributed by atoms with E-state index < -0.39 is 0 Å². The summed E-state index contributed by atoms with van der Waals surface area (Å²) in [6.45, 7) is 7.19. The van der Waals surface area contributed by atoms with Crippen LogP contribution in [0.5, 0.6) is 0 Å². The zero-order chi connectivity index (χ0) is 9.07. The lowest BCUT2D eigenvalue weighted by Crippen LogP contribution is -2.24. The molecule has 0 aliphatic rings. The number of carbonyl (C=O) groups is 2. The van der Waals surface area contributed by atoms with Crippen molar-refractivity contribution >= 4 is 12.1 Å². The molecule has 0 aromatic rings. The molecule has 0 saturated carbocycles. The number of hydrogen-bond donors (Lipinski definition) is 0. The summed E-state index contributed by atoms with van der Waals surface area (Å²) in [7, 11) is 0. The maximum atomic E-state index is 10.7. The Hall–Kier alpha value is -0.660. The molecule has 0 aliphatic heterocycles. The Morgan fingerprint density at radius 3 is 2.27 bits per heavy atom. The van der Waals surface area contributed by atoms with E-state index >= 15 is 0 Å². The third-order valence-electron chi connectivity index (χ3n) is 2.17. The molecule has 0 aromatic carbocycles. The highest BCUT2D eigenvalue weighted by molar-refractivity contribution is 5.76. The minimum atomic E-state index is -0.369. The molecular formula is C9H16O2. The smallest absolute Gasteiger partial charge is 0.130 e. The molecule has 0 saturated heterocycles. The highest BCUT2D eigenvalue weighted by Crippen LogP contribution is 2.26. The van der Waals surface area contributed by atoms with Crippen molar-refractivity contribution in [2.24, 2.45) is 11.3 Å². The normalized spacial score (nSPS) is 14.2. The summed E-state index contributed by atoms with van der Waals surface area (Å²) in [6.07, 6.45) is 1.41. The molecule has 0 heterocycles. The average Bonchev–Trinajstić information content (AvgIpc) is 1.86. The van der Waals surface area contributed by atoms with E-state index in [4.69, 9.17) is 0 Å². The standard InChI is InChI=1S/C9H16O2/c1-7(5-8(2)11)9(3,4)6-10/h6-7H,5H2,1-4H3/t7-/m1/s1. The second-order valence-electron chi connectivity index (χ2n) is 3.75. The van der Waals surface area contributed by atoms with E-state index in [9.17, 15) is 9.59 Å². The number of carbonyl (C=O) groups excluding carboxylic acids is 2. The molecule has 11 heavy (non-hydrogen) atoms. The zero-order valence-electron chi connectivity index (χ0n) is 7.68. The minimum absolute atomic E-state index is 0.137. The molecular weight excluding hydrogens is 140 g/mol. The summed E-state index contributed by atoms with van der Waals surface area (Å²) in [5, 5.41) is 0. The zero-order valence-corrected chi connectivity index (χ0v) is 7.68. The molecule has 2 heteroatoms. The minimum Gasteiger partial charge on any atom is -0.303 e. The van der Waals surface area contributed by atoms with Crippen molar-refractivity contribution in [3.63, 3.8) is 0 Å². The molecule has 0 N–H and O–H groups in total. The van der Waals surface area contributed by atoms with Crippen molar-refractivity contribution < 1.29 is 9.59 Å². The fraction of sp³-hybridized carbons (Fsp3) is 0.778. The predicted octanol–water partition coefficient (Wildman–Crippen LogP) is 1.83. The molecule has 0 aromatic heterocycles. The van der Waals surface area contributed by atoms with E-state index in [2.05, 4.69) is 0 Å². The largest absolute Gasteiger partial charge is 0.303 e. The van der Waals surface area contributed by atoms with Crippen LogP contribution in [0, 0.1) is 11.3 Å². The van der Waals surface area contributed by atoms with Crippen LogP contribution in [0.15, 0.2) is 0 Å². The maximum absolute atomic E-state index is 10.7. The first-order valence-corrected chi connectivity index (χ1v) is 3.86. The van der Waals surface area contributed by atoms with Crippen molar-refractivity contribution in [1.82, 2.24) is 0 Å². The molecule has 0 bridgehead atoms. The molecule has 2 nitrogen and oxygen atoms in total. The fourth-order valence-corrected chi connectivity index (χ4v) is 0.810. The lowest BCUT2D eigenvalue weighted by atomic mass is 9.79. The van der Waals surface area contributed by atoms with E-state index in [0.717, 1.165) is 6.29 Å². The first kappa shape index (κ1) is 10.3. The second-order valence-corrected chi connectivity index (χ2v) is 3.75. The van der Waals surface area contributed by atoms with Crippen molar-refractivity contribution in [2.75, 3.05) is 0 Å². The number of aldehydes is 1. The summed E-state index contributed by atoms with van der Waals surface area (Å²) in [4.78, 5) is 21.2. The monoisotopic (exact) mass is 156 g/mol. The van der Waals surface area contributed by atoms with Crippen LogP contribution < -0.4 is 0 Å². The van der Waals surface area contributed by atoms with Crippen molar-refractivity contribution in [3.05, 3.63) is 0 Å². The van der Waals surface area contributed by atoms with E-state index in [0.29, 0.717) is 6.42 Å². The molecule has 0 radical (unpaired) electrons. The number of hydrogen-bond acceptors (Lipinski definition) is 2. The Kier molecular flexibility index (Phi) is 3.43.